The average Bonchev–Trinajstić information content (AvgIpc) is 2.12. The lowest BCUT2D eigenvalue weighted by Gasteiger charge is -2.38. The Balaban J connectivity index is 2.78. The van der Waals surface area contributed by atoms with Crippen molar-refractivity contribution in [3.05, 3.63) is 0 Å². The first kappa shape index (κ1) is 14.8. The van der Waals surface area contributed by atoms with Gasteiger partial charge < -0.3 is 16.5 Å². The van der Waals surface area contributed by atoms with Crippen LogP contribution in [0.25, 0.3) is 0 Å². The van der Waals surface area contributed by atoms with Gasteiger partial charge in [0.15, 0.2) is 0 Å². The average molecular weight is 295 g/mol. The van der Waals surface area contributed by atoms with Crippen LogP contribution in [0.5, 0.6) is 0 Å². The van der Waals surface area contributed by atoms with Crippen molar-refractivity contribution in [3.63, 3.8) is 0 Å². The van der Waals surface area contributed by atoms with E-state index in [9.17, 15) is 0 Å². The van der Waals surface area contributed by atoms with E-state index in [-0.39, 0.29) is 0 Å². The van der Waals surface area contributed by atoms with Crippen LogP contribution in [0.2, 0.25) is 38.3 Å². The second kappa shape index (κ2) is 5.57. The molecule has 0 bridgehead atoms. The fourth-order valence-corrected chi connectivity index (χ4v) is 14.7. The quantitative estimate of drug-likeness (QED) is 0.733. The maximum absolute atomic E-state index is 6.07. The zero-order valence-electron chi connectivity index (χ0n) is 11.0. The van der Waals surface area contributed by atoms with Crippen LogP contribution in [-0.4, -0.2) is 35.7 Å². The van der Waals surface area contributed by atoms with Crippen molar-refractivity contribution < 1.29 is 16.5 Å². The molecule has 0 aromatic carbocycles. The molecule has 1 saturated heterocycles. The van der Waals surface area contributed by atoms with Crippen LogP contribution in [0.4, 0.5) is 0 Å². The molecule has 0 atom stereocenters. The van der Waals surface area contributed by atoms with Gasteiger partial charge in [-0.15, -0.1) is 0 Å². The van der Waals surface area contributed by atoms with Crippen molar-refractivity contribution in [3.8, 4) is 0 Å². The number of rotatable bonds is 2. The summed E-state index contributed by atoms with van der Waals surface area (Å²) in [5, 5.41) is 0. The molecule has 1 fully saturated rings. The predicted molar refractivity (Wildman–Crippen MR) is 71.8 cm³/mol. The fourth-order valence-electron chi connectivity index (χ4n) is 1.47. The second-order valence-corrected chi connectivity index (χ2v) is 16.4. The largest absolute Gasteiger partial charge is 0.415 e. The van der Waals surface area contributed by atoms with E-state index in [4.69, 9.17) is 16.5 Å². The molecular formula is C8H22O4Si4. The van der Waals surface area contributed by atoms with Crippen LogP contribution in [0.1, 0.15) is 13.8 Å². The Morgan fingerprint density at radius 2 is 0.938 bits per heavy atom. The zero-order chi connectivity index (χ0) is 12.4. The van der Waals surface area contributed by atoms with E-state index in [0.29, 0.717) is 0 Å². The van der Waals surface area contributed by atoms with E-state index in [2.05, 4.69) is 40.0 Å². The molecule has 0 aromatic rings. The number of hydrogen-bond acceptors (Lipinski definition) is 4. The van der Waals surface area contributed by atoms with Crippen molar-refractivity contribution in [2.45, 2.75) is 52.1 Å². The molecule has 94 valence electrons. The molecule has 1 aliphatic rings. The standard InChI is InChI=1S/C8H22O4Si4/c1-7-13-9-15(3,4)11-14(8-2)12-16(5,6)10-13/h7-8H2,1-6H3. The van der Waals surface area contributed by atoms with Crippen LogP contribution in [0, 0.1) is 0 Å². The van der Waals surface area contributed by atoms with Crippen molar-refractivity contribution in [2.75, 3.05) is 0 Å². The Kier molecular flexibility index (Phi) is 5.14. The molecule has 0 N–H and O–H groups in total. The molecule has 0 spiro atoms. The van der Waals surface area contributed by atoms with Gasteiger partial charge in [-0.3, -0.25) is 0 Å². The fraction of sp³-hybridized carbons (Fsp3) is 1.00. The van der Waals surface area contributed by atoms with Gasteiger partial charge in [0.2, 0.25) is 0 Å². The van der Waals surface area contributed by atoms with Gasteiger partial charge in [0.25, 0.3) is 0 Å². The molecule has 16 heavy (non-hydrogen) atoms. The Morgan fingerprint density at radius 1 is 0.688 bits per heavy atom. The maximum atomic E-state index is 6.07. The molecule has 1 aliphatic heterocycles. The van der Waals surface area contributed by atoms with Crippen molar-refractivity contribution in [1.29, 1.82) is 0 Å². The van der Waals surface area contributed by atoms with Crippen molar-refractivity contribution in [1.82, 2.24) is 0 Å². The highest BCUT2D eigenvalue weighted by atomic mass is 28.5. The highest BCUT2D eigenvalue weighted by Gasteiger charge is 2.43. The first-order valence-electron chi connectivity index (χ1n) is 5.75. The summed E-state index contributed by atoms with van der Waals surface area (Å²) in [5.74, 6) is 0. The molecule has 4 nitrogen and oxygen atoms in total. The third-order valence-electron chi connectivity index (χ3n) is 2.02. The molecule has 1 rings (SSSR count). The Bertz CT molecular complexity index is 196. The lowest BCUT2D eigenvalue weighted by atomic mass is 11.0. The molecule has 0 aromatic heterocycles. The van der Waals surface area contributed by atoms with E-state index in [1.165, 1.54) is 0 Å². The third-order valence-corrected chi connectivity index (χ3v) is 14.7. The highest BCUT2D eigenvalue weighted by Crippen LogP contribution is 2.23. The lowest BCUT2D eigenvalue weighted by Crippen LogP contribution is -2.56. The summed E-state index contributed by atoms with van der Waals surface area (Å²) in [6.45, 7) is 12.5. The predicted octanol–water partition coefficient (Wildman–Crippen LogP) is 2.49. The minimum absolute atomic E-state index is 0.943. The summed E-state index contributed by atoms with van der Waals surface area (Å²) < 4.78 is 24.3. The SMILES string of the molecule is CC[Si]1O[Si](C)(C)O[Si](CC)O[Si](C)(C)O1. The summed E-state index contributed by atoms with van der Waals surface area (Å²) in [7, 11) is -6.48. The molecule has 0 saturated carbocycles. The van der Waals surface area contributed by atoms with Gasteiger partial charge in [-0.25, -0.2) is 0 Å². The van der Waals surface area contributed by atoms with Crippen LogP contribution in [-0.2, 0) is 16.5 Å². The second-order valence-electron chi connectivity index (χ2n) is 4.66. The Labute approximate surface area is 104 Å². The molecular weight excluding hydrogens is 272 g/mol. The van der Waals surface area contributed by atoms with Gasteiger partial charge in [0, 0.05) is 0 Å². The minimum Gasteiger partial charge on any atom is -0.415 e. The topological polar surface area (TPSA) is 36.9 Å². The summed E-state index contributed by atoms with van der Waals surface area (Å²) >= 11 is 0. The van der Waals surface area contributed by atoms with E-state index in [0.717, 1.165) is 12.1 Å². The zero-order valence-corrected chi connectivity index (χ0v) is 15.0. The van der Waals surface area contributed by atoms with Crippen LogP contribution >= 0.6 is 0 Å². The third kappa shape index (κ3) is 4.53. The summed E-state index contributed by atoms with van der Waals surface area (Å²) in [5.41, 5.74) is 0. The van der Waals surface area contributed by atoms with E-state index in [1.54, 1.807) is 0 Å². The van der Waals surface area contributed by atoms with Gasteiger partial charge in [0.1, 0.15) is 0 Å². The minimum atomic E-state index is -2.04. The molecule has 0 amide bonds. The van der Waals surface area contributed by atoms with Crippen LogP contribution in [0.3, 0.4) is 0 Å². The highest BCUT2D eigenvalue weighted by molar-refractivity contribution is 6.84. The van der Waals surface area contributed by atoms with Gasteiger partial charge >= 0.3 is 35.7 Å². The molecule has 1 heterocycles. The van der Waals surface area contributed by atoms with E-state index >= 15 is 0 Å². The van der Waals surface area contributed by atoms with Gasteiger partial charge in [0.05, 0.1) is 0 Å². The van der Waals surface area contributed by atoms with Crippen molar-refractivity contribution in [2.24, 2.45) is 0 Å². The van der Waals surface area contributed by atoms with Crippen LogP contribution in [0.15, 0.2) is 0 Å². The first-order chi connectivity index (χ1) is 7.28. The first-order valence-corrected chi connectivity index (χ1v) is 14.4. The molecule has 2 radical (unpaired) electrons. The molecule has 8 heteroatoms. The maximum Gasteiger partial charge on any atom is 0.365 e. The smallest absolute Gasteiger partial charge is 0.365 e. The summed E-state index contributed by atoms with van der Waals surface area (Å²) in [6, 6.07) is 1.89. The molecule has 0 unspecified atom stereocenters. The monoisotopic (exact) mass is 294 g/mol. The summed E-state index contributed by atoms with van der Waals surface area (Å²) in [4.78, 5) is 0. The summed E-state index contributed by atoms with van der Waals surface area (Å²) in [6.07, 6.45) is 0. The Morgan fingerprint density at radius 3 is 1.12 bits per heavy atom. The lowest BCUT2D eigenvalue weighted by molar-refractivity contribution is 0.260. The van der Waals surface area contributed by atoms with Gasteiger partial charge in [-0.2, -0.15) is 0 Å². The van der Waals surface area contributed by atoms with Crippen molar-refractivity contribution >= 4 is 35.7 Å². The Hall–Kier alpha value is 0.708. The van der Waals surface area contributed by atoms with E-state index in [1.807, 2.05) is 0 Å². The number of hydrogen-bond donors (Lipinski definition) is 0. The van der Waals surface area contributed by atoms with E-state index < -0.39 is 35.7 Å². The van der Waals surface area contributed by atoms with Gasteiger partial charge in [-0.05, 0) is 38.3 Å². The van der Waals surface area contributed by atoms with Gasteiger partial charge in [-0.1, -0.05) is 13.8 Å². The normalized spacial score (nSPS) is 27.4. The molecule has 0 aliphatic carbocycles. The van der Waals surface area contributed by atoms with Crippen LogP contribution < -0.4 is 0 Å².